The van der Waals surface area contributed by atoms with Gasteiger partial charge in [0, 0.05) is 23.2 Å². The van der Waals surface area contributed by atoms with Gasteiger partial charge in [-0.3, -0.25) is 0 Å². The molecule has 26 heavy (non-hydrogen) atoms. The highest BCUT2D eigenvalue weighted by Crippen LogP contribution is 2.24. The van der Waals surface area contributed by atoms with E-state index in [1.165, 1.54) is 11.8 Å². The number of thioether (sulfide) groups is 1. The number of benzene rings is 1. The Morgan fingerprint density at radius 1 is 1.23 bits per heavy atom. The van der Waals surface area contributed by atoms with Crippen molar-refractivity contribution in [1.29, 1.82) is 0 Å². The zero-order chi connectivity index (χ0) is 18.4. The molecule has 0 aliphatic rings. The molecule has 0 spiro atoms. The van der Waals surface area contributed by atoms with E-state index in [0.29, 0.717) is 19.0 Å². The van der Waals surface area contributed by atoms with E-state index in [0.717, 1.165) is 27.2 Å². The van der Waals surface area contributed by atoms with Crippen LogP contribution in [0.1, 0.15) is 4.88 Å². The van der Waals surface area contributed by atoms with Crippen LogP contribution in [0.2, 0.25) is 0 Å². The second kappa shape index (κ2) is 9.18. The topological polar surface area (TPSA) is 69.4 Å². The predicted molar refractivity (Wildman–Crippen MR) is 104 cm³/mol. The van der Waals surface area contributed by atoms with Crippen molar-refractivity contribution in [3.8, 4) is 17.1 Å². The summed E-state index contributed by atoms with van der Waals surface area (Å²) in [6.45, 7) is 0.832. The predicted octanol–water partition coefficient (Wildman–Crippen LogP) is 3.22. The minimum Gasteiger partial charge on any atom is -0.497 e. The Morgan fingerprint density at radius 3 is 2.73 bits per heavy atom. The number of ether oxygens (including phenoxy) is 2. The quantitative estimate of drug-likeness (QED) is 0.565. The molecule has 0 radical (unpaired) electrons. The second-order valence-corrected chi connectivity index (χ2v) is 7.67. The van der Waals surface area contributed by atoms with E-state index in [-0.39, 0.29) is 0 Å². The van der Waals surface area contributed by atoms with Crippen LogP contribution < -0.4 is 4.74 Å². The van der Waals surface area contributed by atoms with Gasteiger partial charge in [0.05, 0.1) is 26.4 Å². The number of hydrogen-bond donors (Lipinski definition) is 1. The van der Waals surface area contributed by atoms with Gasteiger partial charge in [0.25, 0.3) is 0 Å². The largest absolute Gasteiger partial charge is 0.497 e. The van der Waals surface area contributed by atoms with Gasteiger partial charge in [0.1, 0.15) is 5.75 Å². The summed E-state index contributed by atoms with van der Waals surface area (Å²) < 4.78 is 12.6. The van der Waals surface area contributed by atoms with E-state index in [1.807, 2.05) is 53.4 Å². The number of aromatic nitrogens is 3. The van der Waals surface area contributed by atoms with Crippen molar-refractivity contribution in [2.24, 2.45) is 7.05 Å². The van der Waals surface area contributed by atoms with Crippen molar-refractivity contribution in [3.05, 3.63) is 46.7 Å². The molecule has 1 aromatic carbocycles. The molecule has 2 heterocycles. The number of hydrogen-bond acceptors (Lipinski definition) is 7. The normalized spacial score (nSPS) is 12.3. The molecule has 138 valence electrons. The Morgan fingerprint density at radius 2 is 2.04 bits per heavy atom. The van der Waals surface area contributed by atoms with Crippen LogP contribution >= 0.6 is 23.1 Å². The molecule has 8 heteroatoms. The van der Waals surface area contributed by atoms with Crippen molar-refractivity contribution >= 4 is 23.1 Å². The zero-order valence-electron chi connectivity index (χ0n) is 14.7. The zero-order valence-corrected chi connectivity index (χ0v) is 16.3. The fourth-order valence-electron chi connectivity index (χ4n) is 2.34. The molecule has 0 fully saturated rings. The first-order chi connectivity index (χ1) is 12.7. The van der Waals surface area contributed by atoms with Crippen LogP contribution in [0.25, 0.3) is 11.4 Å². The molecule has 1 N–H and O–H groups in total. The van der Waals surface area contributed by atoms with Crippen molar-refractivity contribution in [2.75, 3.05) is 19.5 Å². The number of aliphatic hydroxyl groups excluding tert-OH is 1. The molecule has 0 aliphatic heterocycles. The molecule has 3 aromatic rings. The lowest BCUT2D eigenvalue weighted by atomic mass is 10.2. The van der Waals surface area contributed by atoms with E-state index in [2.05, 4.69) is 10.2 Å². The van der Waals surface area contributed by atoms with Gasteiger partial charge in [-0.1, -0.05) is 17.8 Å². The first-order valence-electron chi connectivity index (χ1n) is 8.12. The first-order valence-corrected chi connectivity index (χ1v) is 9.98. The maximum Gasteiger partial charge on any atom is 0.191 e. The molecule has 0 unspecified atom stereocenters. The smallest absolute Gasteiger partial charge is 0.191 e. The lowest BCUT2D eigenvalue weighted by Crippen LogP contribution is -2.18. The Kier molecular flexibility index (Phi) is 6.67. The number of aliphatic hydroxyl groups is 1. The van der Waals surface area contributed by atoms with E-state index in [4.69, 9.17) is 9.47 Å². The lowest BCUT2D eigenvalue weighted by Gasteiger charge is -2.10. The van der Waals surface area contributed by atoms with Gasteiger partial charge in [-0.05, 0) is 35.7 Å². The summed E-state index contributed by atoms with van der Waals surface area (Å²) in [6, 6.07) is 11.7. The summed E-state index contributed by atoms with van der Waals surface area (Å²) in [5, 5.41) is 21.3. The number of methoxy groups -OCH3 is 1. The molecule has 3 rings (SSSR count). The molecule has 0 aliphatic carbocycles. The van der Waals surface area contributed by atoms with Crippen LogP contribution in [0.3, 0.4) is 0 Å². The third kappa shape index (κ3) is 4.85. The Hall–Kier alpha value is -1.87. The van der Waals surface area contributed by atoms with Crippen LogP contribution in [0.5, 0.6) is 5.75 Å². The number of nitrogens with zero attached hydrogens (tertiary/aromatic N) is 3. The Bertz CT molecular complexity index is 804. The fourth-order valence-corrected chi connectivity index (χ4v) is 3.80. The molecule has 1 atom stereocenters. The SMILES string of the molecule is COc1ccc(-c2nnc(SC[C@H](O)COCc3cccs3)n2C)cc1. The van der Waals surface area contributed by atoms with Crippen LogP contribution in [0, 0.1) is 0 Å². The van der Waals surface area contributed by atoms with E-state index in [1.54, 1.807) is 18.4 Å². The van der Waals surface area contributed by atoms with Gasteiger partial charge in [-0.15, -0.1) is 21.5 Å². The molecule has 2 aromatic heterocycles. The van der Waals surface area contributed by atoms with Crippen molar-refractivity contribution < 1.29 is 14.6 Å². The lowest BCUT2D eigenvalue weighted by molar-refractivity contribution is 0.0408. The van der Waals surface area contributed by atoms with Gasteiger partial charge in [-0.25, -0.2) is 0 Å². The molecule has 0 bridgehead atoms. The van der Waals surface area contributed by atoms with Gasteiger partial charge in [0.15, 0.2) is 11.0 Å². The van der Waals surface area contributed by atoms with Crippen molar-refractivity contribution in [3.63, 3.8) is 0 Å². The Balaban J connectivity index is 1.51. The third-order valence-corrected chi connectivity index (χ3v) is 5.74. The fraction of sp³-hybridized carbons (Fsp3) is 0.333. The third-order valence-electron chi connectivity index (χ3n) is 3.72. The maximum absolute atomic E-state index is 10.1. The highest BCUT2D eigenvalue weighted by molar-refractivity contribution is 7.99. The molecule has 0 amide bonds. The average Bonchev–Trinajstić information content (AvgIpc) is 3.30. The average molecular weight is 392 g/mol. The van der Waals surface area contributed by atoms with E-state index < -0.39 is 6.10 Å². The standard InChI is InChI=1S/C18H21N3O3S2/c1-21-17(13-5-7-15(23-2)8-6-13)19-20-18(21)26-12-14(22)10-24-11-16-4-3-9-25-16/h3-9,14,22H,10-12H2,1-2H3/t14-/m1/s1. The highest BCUT2D eigenvalue weighted by Gasteiger charge is 2.13. The van der Waals surface area contributed by atoms with Crippen LogP contribution in [-0.2, 0) is 18.4 Å². The van der Waals surface area contributed by atoms with Gasteiger partial charge >= 0.3 is 0 Å². The van der Waals surface area contributed by atoms with Gasteiger partial charge in [-0.2, -0.15) is 0 Å². The van der Waals surface area contributed by atoms with Gasteiger partial charge < -0.3 is 19.1 Å². The van der Waals surface area contributed by atoms with Gasteiger partial charge in [0.2, 0.25) is 0 Å². The maximum atomic E-state index is 10.1. The van der Waals surface area contributed by atoms with Crippen molar-refractivity contribution in [2.45, 2.75) is 17.9 Å². The summed E-state index contributed by atoms with van der Waals surface area (Å²) in [6.07, 6.45) is -0.555. The number of rotatable bonds is 9. The Labute approximate surface area is 160 Å². The molecule has 0 saturated heterocycles. The van der Waals surface area contributed by atoms with E-state index >= 15 is 0 Å². The molecular formula is C18H21N3O3S2. The summed E-state index contributed by atoms with van der Waals surface area (Å²) >= 11 is 3.11. The highest BCUT2D eigenvalue weighted by atomic mass is 32.2. The molecular weight excluding hydrogens is 370 g/mol. The second-order valence-electron chi connectivity index (χ2n) is 5.65. The van der Waals surface area contributed by atoms with Crippen LogP contribution in [-0.4, -0.2) is 45.4 Å². The molecule has 0 saturated carbocycles. The van der Waals surface area contributed by atoms with Crippen molar-refractivity contribution in [1.82, 2.24) is 14.8 Å². The van der Waals surface area contributed by atoms with E-state index in [9.17, 15) is 5.11 Å². The van der Waals surface area contributed by atoms with Crippen LogP contribution in [0.15, 0.2) is 46.9 Å². The molecule has 6 nitrogen and oxygen atoms in total. The summed E-state index contributed by atoms with van der Waals surface area (Å²) in [5.74, 6) is 2.08. The summed E-state index contributed by atoms with van der Waals surface area (Å²) in [5.41, 5.74) is 0.965. The summed E-state index contributed by atoms with van der Waals surface area (Å²) in [7, 11) is 3.56. The number of thiophene rings is 1. The summed E-state index contributed by atoms with van der Waals surface area (Å²) in [4.78, 5) is 1.15. The minimum atomic E-state index is -0.555. The van der Waals surface area contributed by atoms with Crippen LogP contribution in [0.4, 0.5) is 0 Å². The first kappa shape index (κ1) is 18.9. The minimum absolute atomic E-state index is 0.300. The monoisotopic (exact) mass is 391 g/mol.